The summed E-state index contributed by atoms with van der Waals surface area (Å²) in [7, 11) is 0. The third kappa shape index (κ3) is 4.68. The first-order valence-corrected chi connectivity index (χ1v) is 6.93. The molecular weight excluding hydrogens is 254 g/mol. The summed E-state index contributed by atoms with van der Waals surface area (Å²) in [6, 6.07) is 4.60. The van der Waals surface area contributed by atoms with Crippen molar-refractivity contribution in [2.24, 2.45) is 5.92 Å². The molecule has 0 aliphatic heterocycles. The van der Waals surface area contributed by atoms with E-state index in [2.05, 4.69) is 5.32 Å². The van der Waals surface area contributed by atoms with Crippen LogP contribution < -0.4 is 5.32 Å². The SMILES string of the molecule is CCC(C)CC(=O)NC(C(=O)O)c1cc(C)cc(C)c1. The number of aliphatic carboxylic acids is 1. The molecule has 0 saturated carbocycles. The molecule has 0 aromatic heterocycles. The summed E-state index contributed by atoms with van der Waals surface area (Å²) in [4.78, 5) is 23.3. The Morgan fingerprint density at radius 3 is 2.20 bits per heavy atom. The lowest BCUT2D eigenvalue weighted by Crippen LogP contribution is -2.34. The Hall–Kier alpha value is -1.84. The molecule has 0 fully saturated rings. The average molecular weight is 277 g/mol. The summed E-state index contributed by atoms with van der Waals surface area (Å²) in [6.07, 6.45) is 1.25. The van der Waals surface area contributed by atoms with E-state index < -0.39 is 12.0 Å². The van der Waals surface area contributed by atoms with Gasteiger partial charge in [0, 0.05) is 6.42 Å². The maximum Gasteiger partial charge on any atom is 0.330 e. The lowest BCUT2D eigenvalue weighted by Gasteiger charge is -2.17. The number of carboxylic acids is 1. The molecule has 0 aliphatic rings. The van der Waals surface area contributed by atoms with Gasteiger partial charge in [0.1, 0.15) is 0 Å². The minimum absolute atomic E-state index is 0.217. The second-order valence-corrected chi connectivity index (χ2v) is 5.48. The molecule has 0 aliphatic carbocycles. The number of rotatable bonds is 6. The van der Waals surface area contributed by atoms with Gasteiger partial charge in [0.25, 0.3) is 0 Å². The maximum absolute atomic E-state index is 11.9. The van der Waals surface area contributed by atoms with Crippen LogP contribution in [0.5, 0.6) is 0 Å². The minimum Gasteiger partial charge on any atom is -0.479 e. The molecule has 20 heavy (non-hydrogen) atoms. The van der Waals surface area contributed by atoms with E-state index in [9.17, 15) is 14.7 Å². The van der Waals surface area contributed by atoms with Crippen molar-refractivity contribution in [2.45, 2.75) is 46.6 Å². The number of nitrogens with one attached hydrogen (secondary N) is 1. The molecule has 110 valence electrons. The van der Waals surface area contributed by atoms with Crippen LogP contribution in [0.4, 0.5) is 0 Å². The van der Waals surface area contributed by atoms with Crippen molar-refractivity contribution in [3.05, 3.63) is 34.9 Å². The van der Waals surface area contributed by atoms with Crippen LogP contribution in [0.2, 0.25) is 0 Å². The summed E-state index contributed by atoms with van der Waals surface area (Å²) < 4.78 is 0. The highest BCUT2D eigenvalue weighted by atomic mass is 16.4. The number of carbonyl (C=O) groups is 2. The van der Waals surface area contributed by atoms with E-state index in [1.807, 2.05) is 33.8 Å². The Balaban J connectivity index is 2.89. The number of carbonyl (C=O) groups excluding carboxylic acids is 1. The fourth-order valence-electron chi connectivity index (χ4n) is 2.14. The Kier molecular flexibility index (Phi) is 5.74. The van der Waals surface area contributed by atoms with Gasteiger partial charge in [0.15, 0.2) is 6.04 Å². The smallest absolute Gasteiger partial charge is 0.330 e. The van der Waals surface area contributed by atoms with E-state index in [4.69, 9.17) is 0 Å². The zero-order valence-corrected chi connectivity index (χ0v) is 12.6. The number of aryl methyl sites for hydroxylation is 2. The Labute approximate surface area is 120 Å². The molecule has 0 saturated heterocycles. The van der Waals surface area contributed by atoms with Gasteiger partial charge in [-0.2, -0.15) is 0 Å². The van der Waals surface area contributed by atoms with Crippen molar-refractivity contribution in [1.29, 1.82) is 0 Å². The van der Waals surface area contributed by atoms with E-state index >= 15 is 0 Å². The molecule has 2 atom stereocenters. The van der Waals surface area contributed by atoms with Crippen molar-refractivity contribution in [2.75, 3.05) is 0 Å². The summed E-state index contributed by atoms with van der Waals surface area (Å²) in [5.41, 5.74) is 2.59. The molecule has 1 aromatic rings. The predicted molar refractivity (Wildman–Crippen MR) is 78.5 cm³/mol. The maximum atomic E-state index is 11.9. The number of carboxylic acid groups (broad SMARTS) is 1. The van der Waals surface area contributed by atoms with Crippen LogP contribution >= 0.6 is 0 Å². The van der Waals surface area contributed by atoms with Crippen molar-refractivity contribution in [3.63, 3.8) is 0 Å². The summed E-state index contributed by atoms with van der Waals surface area (Å²) in [6.45, 7) is 7.81. The van der Waals surface area contributed by atoms with Crippen LogP contribution in [0.25, 0.3) is 0 Å². The van der Waals surface area contributed by atoms with Crippen LogP contribution in [-0.4, -0.2) is 17.0 Å². The quantitative estimate of drug-likeness (QED) is 0.840. The van der Waals surface area contributed by atoms with E-state index in [1.165, 1.54) is 0 Å². The number of benzene rings is 1. The molecule has 1 aromatic carbocycles. The fraction of sp³-hybridized carbons (Fsp3) is 0.500. The highest BCUT2D eigenvalue weighted by molar-refractivity contribution is 5.84. The Morgan fingerprint density at radius 2 is 1.75 bits per heavy atom. The lowest BCUT2D eigenvalue weighted by molar-refractivity contribution is -0.142. The first-order chi connectivity index (χ1) is 9.33. The predicted octanol–water partition coefficient (Wildman–Crippen LogP) is 2.98. The van der Waals surface area contributed by atoms with Crippen LogP contribution in [-0.2, 0) is 9.59 Å². The highest BCUT2D eigenvalue weighted by Crippen LogP contribution is 2.18. The van der Waals surface area contributed by atoms with Gasteiger partial charge < -0.3 is 10.4 Å². The Morgan fingerprint density at radius 1 is 1.20 bits per heavy atom. The van der Waals surface area contributed by atoms with Crippen molar-refractivity contribution in [3.8, 4) is 0 Å². The van der Waals surface area contributed by atoms with E-state index in [-0.39, 0.29) is 11.8 Å². The van der Waals surface area contributed by atoms with Gasteiger partial charge >= 0.3 is 5.97 Å². The minimum atomic E-state index is -1.03. The van der Waals surface area contributed by atoms with Gasteiger partial charge in [-0.1, -0.05) is 49.6 Å². The van der Waals surface area contributed by atoms with Crippen LogP contribution in [0.3, 0.4) is 0 Å². The van der Waals surface area contributed by atoms with Gasteiger partial charge in [0.05, 0.1) is 0 Å². The molecule has 4 heteroatoms. The largest absolute Gasteiger partial charge is 0.479 e. The number of hydrogen-bond donors (Lipinski definition) is 2. The topological polar surface area (TPSA) is 66.4 Å². The molecule has 0 radical (unpaired) electrons. The summed E-state index contributed by atoms with van der Waals surface area (Å²) >= 11 is 0. The highest BCUT2D eigenvalue weighted by Gasteiger charge is 2.23. The fourth-order valence-corrected chi connectivity index (χ4v) is 2.14. The summed E-state index contributed by atoms with van der Waals surface area (Å²) in [5.74, 6) is -0.998. The number of hydrogen-bond acceptors (Lipinski definition) is 2. The van der Waals surface area contributed by atoms with Gasteiger partial charge in [-0.3, -0.25) is 4.79 Å². The van der Waals surface area contributed by atoms with E-state index in [0.717, 1.165) is 17.5 Å². The monoisotopic (exact) mass is 277 g/mol. The van der Waals surface area contributed by atoms with Gasteiger partial charge in [0.2, 0.25) is 5.91 Å². The van der Waals surface area contributed by atoms with Crippen molar-refractivity contribution < 1.29 is 14.7 Å². The second-order valence-electron chi connectivity index (χ2n) is 5.48. The third-order valence-corrected chi connectivity index (χ3v) is 3.36. The average Bonchev–Trinajstić information content (AvgIpc) is 2.34. The third-order valence-electron chi connectivity index (χ3n) is 3.36. The molecule has 2 unspecified atom stereocenters. The first kappa shape index (κ1) is 16.2. The van der Waals surface area contributed by atoms with Gasteiger partial charge in [-0.05, 0) is 25.3 Å². The Bertz CT molecular complexity index is 476. The molecule has 4 nitrogen and oxygen atoms in total. The normalized spacial score (nSPS) is 13.6. The molecule has 1 rings (SSSR count). The number of amides is 1. The molecule has 0 heterocycles. The van der Waals surface area contributed by atoms with Crippen LogP contribution in [0, 0.1) is 19.8 Å². The first-order valence-electron chi connectivity index (χ1n) is 6.93. The second kappa shape index (κ2) is 7.08. The van der Waals surface area contributed by atoms with Crippen LogP contribution in [0.15, 0.2) is 18.2 Å². The van der Waals surface area contributed by atoms with Gasteiger partial charge in [-0.15, -0.1) is 0 Å². The molecule has 1 amide bonds. The zero-order chi connectivity index (χ0) is 15.3. The summed E-state index contributed by atoms with van der Waals surface area (Å²) in [5, 5.41) is 11.9. The van der Waals surface area contributed by atoms with E-state index in [0.29, 0.717) is 12.0 Å². The molecule has 0 spiro atoms. The molecular formula is C16H23NO3. The van der Waals surface area contributed by atoms with Crippen LogP contribution in [0.1, 0.15) is 49.4 Å². The molecule has 0 bridgehead atoms. The van der Waals surface area contributed by atoms with E-state index in [1.54, 1.807) is 12.1 Å². The zero-order valence-electron chi connectivity index (χ0n) is 12.6. The lowest BCUT2D eigenvalue weighted by atomic mass is 10.00. The molecule has 2 N–H and O–H groups in total. The van der Waals surface area contributed by atoms with Gasteiger partial charge in [-0.25, -0.2) is 4.79 Å². The standard InChI is InChI=1S/C16H23NO3/c1-5-10(2)9-14(18)17-15(16(19)20)13-7-11(3)6-12(4)8-13/h6-8,10,15H,5,9H2,1-4H3,(H,17,18)(H,19,20). The van der Waals surface area contributed by atoms with Crippen molar-refractivity contribution in [1.82, 2.24) is 5.32 Å². The van der Waals surface area contributed by atoms with Crippen molar-refractivity contribution >= 4 is 11.9 Å².